The van der Waals surface area contributed by atoms with Gasteiger partial charge in [-0.2, -0.15) is 0 Å². The van der Waals surface area contributed by atoms with Crippen LogP contribution >= 0.6 is 0 Å². The van der Waals surface area contributed by atoms with Crippen LogP contribution in [0.1, 0.15) is 17.0 Å². The van der Waals surface area contributed by atoms with Gasteiger partial charge < -0.3 is 10.1 Å². The maximum Gasteiger partial charge on any atom is 0.267 e. The Hall–Kier alpha value is -3.12. The van der Waals surface area contributed by atoms with Crippen molar-refractivity contribution in [2.75, 3.05) is 0 Å². The summed E-state index contributed by atoms with van der Waals surface area (Å²) in [6, 6.07) is 12.8. The molecule has 3 rings (SSSR count). The molecule has 0 atom stereocenters. The summed E-state index contributed by atoms with van der Waals surface area (Å²) in [5.74, 6) is 0.379. The molecule has 4 N–H and O–H groups in total. The van der Waals surface area contributed by atoms with E-state index in [-0.39, 0.29) is 5.75 Å². The zero-order valence-corrected chi connectivity index (χ0v) is 12.2. The van der Waals surface area contributed by atoms with Gasteiger partial charge in [-0.3, -0.25) is 10.0 Å². The molecular weight excluding hydrogens is 294 g/mol. The van der Waals surface area contributed by atoms with Gasteiger partial charge in [0, 0.05) is 12.5 Å². The van der Waals surface area contributed by atoms with Crippen molar-refractivity contribution in [3.8, 4) is 5.75 Å². The van der Waals surface area contributed by atoms with Crippen LogP contribution in [-0.2, 0) is 11.2 Å². The summed E-state index contributed by atoms with van der Waals surface area (Å²) in [7, 11) is 0. The fraction of sp³-hybridized carbons (Fsp3) is 0.0588. The van der Waals surface area contributed by atoms with Crippen LogP contribution < -0.4 is 5.48 Å². The Morgan fingerprint density at radius 3 is 2.70 bits per heavy atom. The predicted molar refractivity (Wildman–Crippen MR) is 86.0 cm³/mol. The Morgan fingerprint density at radius 1 is 1.22 bits per heavy atom. The molecule has 3 aromatic rings. The first-order valence-corrected chi connectivity index (χ1v) is 7.03. The molecule has 1 amide bonds. The number of nitrogens with zero attached hydrogens (tertiary/aromatic N) is 1. The van der Waals surface area contributed by atoms with Gasteiger partial charge in [0.15, 0.2) is 0 Å². The molecular formula is C17H15N3O3. The van der Waals surface area contributed by atoms with E-state index in [9.17, 15) is 9.90 Å². The Kier molecular flexibility index (Phi) is 4.07. The lowest BCUT2D eigenvalue weighted by Crippen LogP contribution is -2.14. The van der Waals surface area contributed by atoms with E-state index >= 15 is 0 Å². The van der Waals surface area contributed by atoms with Crippen LogP contribution in [-0.4, -0.2) is 26.2 Å². The summed E-state index contributed by atoms with van der Waals surface area (Å²) in [4.78, 5) is 18.5. The number of fused-ring (bicyclic) bond motifs is 1. The fourth-order valence-electron chi connectivity index (χ4n) is 2.30. The molecule has 0 bridgehead atoms. The molecule has 0 aliphatic rings. The van der Waals surface area contributed by atoms with E-state index in [0.717, 1.165) is 22.5 Å². The summed E-state index contributed by atoms with van der Waals surface area (Å²) in [5.41, 5.74) is 4.80. The van der Waals surface area contributed by atoms with Crippen LogP contribution in [0.2, 0.25) is 0 Å². The molecule has 0 radical (unpaired) electrons. The number of hydrogen-bond donors (Lipinski definition) is 4. The maximum absolute atomic E-state index is 10.9. The van der Waals surface area contributed by atoms with Gasteiger partial charge in [-0.1, -0.05) is 30.3 Å². The lowest BCUT2D eigenvalue weighted by Gasteiger charge is -1.99. The largest absolute Gasteiger partial charge is 0.506 e. The molecule has 0 saturated carbocycles. The van der Waals surface area contributed by atoms with E-state index in [1.807, 2.05) is 30.3 Å². The smallest absolute Gasteiger partial charge is 0.267 e. The Labute approximate surface area is 132 Å². The molecule has 1 heterocycles. The molecule has 0 saturated heterocycles. The van der Waals surface area contributed by atoms with Crippen LogP contribution in [0.3, 0.4) is 0 Å². The third-order valence-corrected chi connectivity index (χ3v) is 3.43. The number of aromatic nitrogens is 2. The highest BCUT2D eigenvalue weighted by atomic mass is 16.5. The van der Waals surface area contributed by atoms with Gasteiger partial charge in [-0.15, -0.1) is 0 Å². The van der Waals surface area contributed by atoms with Crippen LogP contribution in [0, 0.1) is 0 Å². The summed E-state index contributed by atoms with van der Waals surface area (Å²) < 4.78 is 0. The molecule has 1 aromatic heterocycles. The van der Waals surface area contributed by atoms with Gasteiger partial charge in [0.2, 0.25) is 0 Å². The topological polar surface area (TPSA) is 98.2 Å². The molecule has 2 aromatic carbocycles. The fourth-order valence-corrected chi connectivity index (χ4v) is 2.30. The van der Waals surface area contributed by atoms with Crippen molar-refractivity contribution in [1.29, 1.82) is 0 Å². The zero-order chi connectivity index (χ0) is 16.2. The number of phenolic OH excluding ortho intramolecular Hbond substituents is 1. The second-order valence-corrected chi connectivity index (χ2v) is 5.08. The number of H-pyrrole nitrogens is 1. The quantitative estimate of drug-likeness (QED) is 0.338. The van der Waals surface area contributed by atoms with Gasteiger partial charge in [0.05, 0.1) is 5.52 Å². The molecule has 0 fully saturated rings. The van der Waals surface area contributed by atoms with E-state index in [0.29, 0.717) is 11.9 Å². The van der Waals surface area contributed by atoms with E-state index in [1.165, 1.54) is 11.6 Å². The lowest BCUT2D eigenvalue weighted by molar-refractivity contribution is -0.124. The van der Waals surface area contributed by atoms with Gasteiger partial charge in [-0.25, -0.2) is 10.5 Å². The van der Waals surface area contributed by atoms with Crippen LogP contribution in [0.4, 0.5) is 0 Å². The highest BCUT2D eigenvalue weighted by Gasteiger charge is 2.06. The molecule has 0 unspecified atom stereocenters. The SMILES string of the molecule is O=C(/C=C/c1ccc(Cc2nc3cccc(O)c3[nH]2)cc1)NO. The maximum atomic E-state index is 10.9. The first-order chi connectivity index (χ1) is 11.2. The third kappa shape index (κ3) is 3.38. The molecule has 0 spiro atoms. The number of phenols is 1. The highest BCUT2D eigenvalue weighted by molar-refractivity contribution is 5.90. The number of imidazole rings is 1. The molecule has 6 heteroatoms. The van der Waals surface area contributed by atoms with E-state index in [2.05, 4.69) is 9.97 Å². The van der Waals surface area contributed by atoms with Crippen molar-refractivity contribution in [3.63, 3.8) is 0 Å². The third-order valence-electron chi connectivity index (χ3n) is 3.43. The second-order valence-electron chi connectivity index (χ2n) is 5.08. The number of hydroxylamine groups is 1. The number of hydrogen-bond acceptors (Lipinski definition) is 4. The number of rotatable bonds is 4. The van der Waals surface area contributed by atoms with E-state index < -0.39 is 5.91 Å². The number of amides is 1. The van der Waals surface area contributed by atoms with Gasteiger partial charge in [0.1, 0.15) is 17.1 Å². The number of benzene rings is 2. The van der Waals surface area contributed by atoms with Crippen molar-refractivity contribution in [3.05, 3.63) is 65.5 Å². The average molecular weight is 309 g/mol. The number of nitrogens with one attached hydrogen (secondary N) is 2. The first kappa shape index (κ1) is 14.8. The lowest BCUT2D eigenvalue weighted by atomic mass is 10.1. The number of aromatic amines is 1. The van der Waals surface area contributed by atoms with Crippen molar-refractivity contribution in [2.24, 2.45) is 0 Å². The Balaban J connectivity index is 1.76. The van der Waals surface area contributed by atoms with Crippen LogP contribution in [0.15, 0.2) is 48.5 Å². The number of carbonyl (C=O) groups is 1. The zero-order valence-electron chi connectivity index (χ0n) is 12.2. The minimum absolute atomic E-state index is 0.184. The van der Waals surface area contributed by atoms with Crippen LogP contribution in [0.5, 0.6) is 5.75 Å². The van der Waals surface area contributed by atoms with Gasteiger partial charge in [0.25, 0.3) is 5.91 Å². The van der Waals surface area contributed by atoms with Crippen molar-refractivity contribution < 1.29 is 15.1 Å². The molecule has 116 valence electrons. The summed E-state index contributed by atoms with van der Waals surface area (Å²) in [6.07, 6.45) is 3.46. The minimum Gasteiger partial charge on any atom is -0.506 e. The summed E-state index contributed by atoms with van der Waals surface area (Å²) in [6.45, 7) is 0. The molecule has 6 nitrogen and oxygen atoms in total. The first-order valence-electron chi connectivity index (χ1n) is 7.03. The van der Waals surface area contributed by atoms with E-state index in [1.54, 1.807) is 18.2 Å². The predicted octanol–water partition coefficient (Wildman–Crippen LogP) is 2.38. The van der Waals surface area contributed by atoms with Crippen molar-refractivity contribution in [2.45, 2.75) is 6.42 Å². The monoisotopic (exact) mass is 309 g/mol. The Bertz CT molecular complexity index is 866. The molecule has 0 aliphatic heterocycles. The number of carbonyl (C=O) groups excluding carboxylic acids is 1. The number of aromatic hydroxyl groups is 1. The normalized spacial score (nSPS) is 11.2. The molecule has 23 heavy (non-hydrogen) atoms. The summed E-state index contributed by atoms with van der Waals surface area (Å²) >= 11 is 0. The van der Waals surface area contributed by atoms with E-state index in [4.69, 9.17) is 5.21 Å². The summed E-state index contributed by atoms with van der Waals surface area (Å²) in [5, 5.41) is 18.2. The molecule has 0 aliphatic carbocycles. The van der Waals surface area contributed by atoms with Crippen molar-refractivity contribution >= 4 is 23.0 Å². The van der Waals surface area contributed by atoms with Crippen LogP contribution in [0.25, 0.3) is 17.1 Å². The number of para-hydroxylation sites is 1. The average Bonchev–Trinajstić information content (AvgIpc) is 2.98. The van der Waals surface area contributed by atoms with Gasteiger partial charge in [-0.05, 0) is 29.3 Å². The highest BCUT2D eigenvalue weighted by Crippen LogP contribution is 2.22. The van der Waals surface area contributed by atoms with Gasteiger partial charge >= 0.3 is 0 Å². The second kappa shape index (κ2) is 6.33. The standard InChI is InChI=1S/C17H15N3O3/c21-14-3-1-2-13-17(14)19-15(18-13)10-12-6-4-11(5-7-12)8-9-16(22)20-23/h1-9,21,23H,10H2,(H,18,19)(H,20,22)/b9-8+. The minimum atomic E-state index is -0.573. The van der Waals surface area contributed by atoms with Crippen molar-refractivity contribution in [1.82, 2.24) is 15.4 Å². The Morgan fingerprint density at radius 2 is 2.00 bits per heavy atom.